The van der Waals surface area contributed by atoms with Gasteiger partial charge in [0.05, 0.1) is 9.85 Å². The van der Waals surface area contributed by atoms with Gasteiger partial charge in [-0.25, -0.2) is 0 Å². The van der Waals surface area contributed by atoms with Crippen molar-refractivity contribution >= 4 is 11.4 Å². The normalized spacial score (nSPS) is 18.1. The van der Waals surface area contributed by atoms with Gasteiger partial charge in [0.25, 0.3) is 11.4 Å². The summed E-state index contributed by atoms with van der Waals surface area (Å²) in [5, 5.41) is 22.2. The van der Waals surface area contributed by atoms with E-state index in [1.165, 1.54) is 157 Å². The van der Waals surface area contributed by atoms with E-state index in [1.807, 2.05) is 24.3 Å². The van der Waals surface area contributed by atoms with E-state index < -0.39 is 9.85 Å². The molecule has 0 N–H and O–H groups in total. The molecule has 4 aromatic rings. The van der Waals surface area contributed by atoms with Crippen LogP contribution in [0.25, 0.3) is 0 Å². The third kappa shape index (κ3) is 12.4. The number of hydrogen-bond donors (Lipinski definition) is 0. The molecule has 310 valence electrons. The summed E-state index contributed by atoms with van der Waals surface area (Å²) in [6.07, 6.45) is 28.5. The highest BCUT2D eigenvalue weighted by Gasteiger charge is 2.38. The summed E-state index contributed by atoms with van der Waals surface area (Å²) in [5.41, 5.74) is 2.43. The lowest BCUT2D eigenvalue weighted by molar-refractivity contribution is -0.385. The van der Waals surface area contributed by atoms with Crippen molar-refractivity contribution in [2.75, 3.05) is 0 Å². The van der Waals surface area contributed by atoms with Crippen LogP contribution in [0.15, 0.2) is 97.1 Å². The maximum Gasteiger partial charge on any atom is 0.269 e. The number of non-ortho nitro benzene ring substituents is 2. The van der Waals surface area contributed by atoms with Crippen molar-refractivity contribution < 1.29 is 19.3 Å². The Balaban J connectivity index is 1.02. The van der Waals surface area contributed by atoms with E-state index in [-0.39, 0.29) is 16.8 Å². The highest BCUT2D eigenvalue weighted by atomic mass is 16.6. The van der Waals surface area contributed by atoms with E-state index in [1.54, 1.807) is 24.3 Å². The van der Waals surface area contributed by atoms with E-state index >= 15 is 0 Å². The van der Waals surface area contributed by atoms with Crippen molar-refractivity contribution in [3.05, 3.63) is 128 Å². The first-order chi connectivity index (χ1) is 28.3. The smallest absolute Gasteiger partial charge is 0.269 e. The zero-order chi connectivity index (χ0) is 40.6. The molecule has 2 saturated carbocycles. The molecular weight excluding hydrogens is 725 g/mol. The van der Waals surface area contributed by atoms with Crippen molar-refractivity contribution in [3.63, 3.8) is 0 Å². The third-order valence-electron chi connectivity index (χ3n) is 13.3. The number of nitro benzene ring substituents is 2. The molecule has 2 aliphatic rings. The molecule has 4 aromatic carbocycles. The number of rotatable bonds is 22. The van der Waals surface area contributed by atoms with E-state index in [0.29, 0.717) is 23.0 Å². The summed E-state index contributed by atoms with van der Waals surface area (Å²) in [6.45, 7) is 2.29. The molecule has 0 spiro atoms. The fraction of sp³-hybridized carbons (Fsp3) is 0.520. The standard InChI is InChI=1S/C50H64N2O6/c1-2-3-4-5-6-7-8-9-10-11-12-39-13-15-40(16-14-39)17-18-41-35-37-50(38-36-41,42-19-27-46(28-20-42)57-48-31-23-44(24-32-48)51(53)54)43-21-29-47(30-22-43)58-49-33-25-45(26-34-49)52(55)56/h19-34,39-41H,2-18,35-38H2,1H3. The fourth-order valence-electron chi connectivity index (χ4n) is 9.63. The lowest BCUT2D eigenvalue weighted by Gasteiger charge is -2.42. The SMILES string of the molecule is CCCCCCCCCCCCC1CCC(CCC2CCC(c3ccc(Oc4ccc([N+](=O)[O-])cc4)cc3)(c3ccc(Oc4ccc([N+](=O)[O-])cc4)cc3)CC2)CC1. The molecule has 2 aliphatic carbocycles. The minimum Gasteiger partial charge on any atom is -0.457 e. The first kappa shape index (κ1) is 42.9. The Morgan fingerprint density at radius 1 is 0.466 bits per heavy atom. The molecule has 0 amide bonds. The van der Waals surface area contributed by atoms with Crippen LogP contribution in [0.4, 0.5) is 11.4 Å². The lowest BCUT2D eigenvalue weighted by atomic mass is 9.62. The number of benzene rings is 4. The molecule has 0 aliphatic heterocycles. The number of ether oxygens (including phenoxy) is 2. The summed E-state index contributed by atoms with van der Waals surface area (Å²) < 4.78 is 12.1. The van der Waals surface area contributed by atoms with Gasteiger partial charge in [0.15, 0.2) is 0 Å². The number of unbranched alkanes of at least 4 members (excludes halogenated alkanes) is 9. The zero-order valence-electron chi connectivity index (χ0n) is 34.7. The van der Waals surface area contributed by atoms with Gasteiger partial charge in [-0.1, -0.05) is 140 Å². The lowest BCUT2D eigenvalue weighted by Crippen LogP contribution is -2.33. The van der Waals surface area contributed by atoms with Crippen LogP contribution < -0.4 is 9.47 Å². The Bertz CT molecular complexity index is 1720. The van der Waals surface area contributed by atoms with E-state index in [0.717, 1.165) is 30.6 Å². The quantitative estimate of drug-likeness (QED) is 0.0446. The first-order valence-electron chi connectivity index (χ1n) is 22.4. The van der Waals surface area contributed by atoms with Crippen molar-refractivity contribution in [3.8, 4) is 23.0 Å². The second-order valence-electron chi connectivity index (χ2n) is 17.2. The van der Waals surface area contributed by atoms with Gasteiger partial charge in [0.2, 0.25) is 0 Å². The molecule has 0 atom stereocenters. The van der Waals surface area contributed by atoms with Gasteiger partial charge in [-0.3, -0.25) is 20.2 Å². The van der Waals surface area contributed by atoms with Crippen LogP contribution in [-0.2, 0) is 5.41 Å². The maximum atomic E-state index is 11.1. The van der Waals surface area contributed by atoms with Crippen LogP contribution >= 0.6 is 0 Å². The van der Waals surface area contributed by atoms with Gasteiger partial charge in [-0.2, -0.15) is 0 Å². The van der Waals surface area contributed by atoms with E-state index in [9.17, 15) is 20.2 Å². The Morgan fingerprint density at radius 2 is 0.793 bits per heavy atom. The van der Waals surface area contributed by atoms with Crippen molar-refractivity contribution in [2.24, 2.45) is 17.8 Å². The van der Waals surface area contributed by atoms with Gasteiger partial charge in [0, 0.05) is 29.7 Å². The van der Waals surface area contributed by atoms with E-state index in [4.69, 9.17) is 9.47 Å². The molecule has 8 nitrogen and oxygen atoms in total. The first-order valence-corrected chi connectivity index (χ1v) is 22.4. The highest BCUT2D eigenvalue weighted by molar-refractivity contribution is 5.46. The van der Waals surface area contributed by atoms with Crippen LogP contribution in [0.1, 0.15) is 153 Å². The van der Waals surface area contributed by atoms with Gasteiger partial charge >= 0.3 is 0 Å². The molecule has 0 bridgehead atoms. The Labute approximate surface area is 346 Å². The fourth-order valence-corrected chi connectivity index (χ4v) is 9.63. The van der Waals surface area contributed by atoms with Gasteiger partial charge < -0.3 is 9.47 Å². The molecular formula is C50H64N2O6. The second-order valence-corrected chi connectivity index (χ2v) is 17.2. The van der Waals surface area contributed by atoms with Crippen molar-refractivity contribution in [1.29, 1.82) is 0 Å². The summed E-state index contributed by atoms with van der Waals surface area (Å²) in [4.78, 5) is 21.4. The molecule has 0 radical (unpaired) electrons. The number of nitrogens with zero attached hydrogens (tertiary/aromatic N) is 2. The Morgan fingerprint density at radius 3 is 1.17 bits per heavy atom. The zero-order valence-corrected chi connectivity index (χ0v) is 34.7. The van der Waals surface area contributed by atoms with Crippen LogP contribution in [0.5, 0.6) is 23.0 Å². The molecule has 0 unspecified atom stereocenters. The van der Waals surface area contributed by atoms with Crippen LogP contribution in [0.2, 0.25) is 0 Å². The molecule has 58 heavy (non-hydrogen) atoms. The summed E-state index contributed by atoms with van der Waals surface area (Å²) in [7, 11) is 0. The Hall–Kier alpha value is -4.72. The number of nitro groups is 2. The predicted molar refractivity (Wildman–Crippen MR) is 233 cm³/mol. The highest BCUT2D eigenvalue weighted by Crippen LogP contribution is 2.49. The molecule has 6 rings (SSSR count). The molecule has 2 fully saturated rings. The minimum absolute atomic E-state index is 0.0339. The van der Waals surface area contributed by atoms with Crippen LogP contribution in [-0.4, -0.2) is 9.85 Å². The monoisotopic (exact) mass is 788 g/mol. The summed E-state index contributed by atoms with van der Waals surface area (Å²) in [5.74, 6) is 5.07. The van der Waals surface area contributed by atoms with Crippen molar-refractivity contribution in [1.82, 2.24) is 0 Å². The topological polar surface area (TPSA) is 105 Å². The van der Waals surface area contributed by atoms with Crippen LogP contribution in [0, 0.1) is 38.0 Å². The minimum atomic E-state index is -0.411. The second kappa shape index (κ2) is 21.9. The van der Waals surface area contributed by atoms with Crippen LogP contribution in [0.3, 0.4) is 0 Å². The number of hydrogen-bond acceptors (Lipinski definition) is 6. The maximum absolute atomic E-state index is 11.1. The largest absolute Gasteiger partial charge is 0.457 e. The summed E-state index contributed by atoms with van der Waals surface area (Å²) >= 11 is 0. The average Bonchev–Trinajstić information content (AvgIpc) is 3.25. The average molecular weight is 789 g/mol. The molecule has 8 heteroatoms. The predicted octanol–water partition coefficient (Wildman–Crippen LogP) is 15.5. The third-order valence-corrected chi connectivity index (χ3v) is 13.3. The van der Waals surface area contributed by atoms with Gasteiger partial charge in [-0.15, -0.1) is 0 Å². The summed E-state index contributed by atoms with van der Waals surface area (Å²) in [6, 6.07) is 29.0. The Kier molecular flexibility index (Phi) is 16.2. The molecule has 0 aromatic heterocycles. The van der Waals surface area contributed by atoms with Crippen molar-refractivity contribution in [2.45, 2.75) is 147 Å². The molecule has 0 heterocycles. The molecule has 0 saturated heterocycles. The van der Waals surface area contributed by atoms with Gasteiger partial charge in [-0.05, 0) is 103 Å². The van der Waals surface area contributed by atoms with Gasteiger partial charge in [0.1, 0.15) is 23.0 Å². The van der Waals surface area contributed by atoms with E-state index in [2.05, 4.69) is 31.2 Å².